The van der Waals surface area contributed by atoms with E-state index in [1.54, 1.807) is 13.2 Å². The maximum absolute atomic E-state index is 11.9. The Balaban J connectivity index is 2.78. The van der Waals surface area contributed by atoms with Crippen LogP contribution in [0, 0.1) is 0 Å². The number of halogens is 1. The first kappa shape index (κ1) is 15.2. The molecule has 0 heterocycles. The summed E-state index contributed by atoms with van der Waals surface area (Å²) in [4.78, 5) is 0.0439. The van der Waals surface area contributed by atoms with Crippen LogP contribution in [0.1, 0.15) is 6.42 Å². The van der Waals surface area contributed by atoms with Crippen molar-refractivity contribution in [2.45, 2.75) is 11.3 Å². The van der Waals surface area contributed by atoms with Crippen LogP contribution in [0.4, 0.5) is 0 Å². The topological polar surface area (TPSA) is 64.6 Å². The molecule has 0 saturated carbocycles. The van der Waals surface area contributed by atoms with E-state index in [1.165, 1.54) is 19.2 Å². The zero-order valence-electron chi connectivity index (χ0n) is 10.3. The number of nitrogens with one attached hydrogen (secondary N) is 1. The second kappa shape index (κ2) is 6.94. The molecule has 0 aliphatic heterocycles. The van der Waals surface area contributed by atoms with Gasteiger partial charge in [0.25, 0.3) is 0 Å². The first-order valence-corrected chi connectivity index (χ1v) is 7.19. The molecule has 7 heteroatoms. The number of benzene rings is 1. The van der Waals surface area contributed by atoms with E-state index in [2.05, 4.69) is 4.72 Å². The lowest BCUT2D eigenvalue weighted by atomic mass is 10.3. The molecular weight excluding hydrogens is 278 g/mol. The maximum Gasteiger partial charge on any atom is 0.242 e. The molecule has 1 N–H and O–H groups in total. The Morgan fingerprint density at radius 2 is 2.06 bits per heavy atom. The molecule has 1 aromatic rings. The summed E-state index contributed by atoms with van der Waals surface area (Å²) in [7, 11) is -0.536. The van der Waals surface area contributed by atoms with E-state index in [1.807, 2.05) is 0 Å². The van der Waals surface area contributed by atoms with Crippen molar-refractivity contribution in [2.75, 3.05) is 27.4 Å². The standard InChI is InChI=1S/C11H16ClNO4S/c1-16-7-3-6-13-18(14,15)11-5-4-9(17-2)8-10(11)12/h4-5,8,13H,3,6-7H2,1-2H3. The van der Waals surface area contributed by atoms with Gasteiger partial charge in [-0.3, -0.25) is 0 Å². The van der Waals surface area contributed by atoms with Gasteiger partial charge in [-0.05, 0) is 18.6 Å². The lowest BCUT2D eigenvalue weighted by Gasteiger charge is -2.09. The van der Waals surface area contributed by atoms with Gasteiger partial charge < -0.3 is 9.47 Å². The molecule has 0 amide bonds. The first-order valence-electron chi connectivity index (χ1n) is 5.33. The average Bonchev–Trinajstić information content (AvgIpc) is 2.34. The predicted octanol–water partition coefficient (Wildman–Crippen LogP) is 1.66. The highest BCUT2D eigenvalue weighted by Crippen LogP contribution is 2.25. The van der Waals surface area contributed by atoms with Crippen molar-refractivity contribution < 1.29 is 17.9 Å². The number of hydrogen-bond acceptors (Lipinski definition) is 4. The maximum atomic E-state index is 11.9. The Hall–Kier alpha value is -0.820. The lowest BCUT2D eigenvalue weighted by molar-refractivity contribution is 0.196. The number of methoxy groups -OCH3 is 2. The Morgan fingerprint density at radius 1 is 1.33 bits per heavy atom. The largest absolute Gasteiger partial charge is 0.497 e. The van der Waals surface area contributed by atoms with Gasteiger partial charge in [-0.1, -0.05) is 11.6 Å². The molecule has 1 aromatic carbocycles. The molecule has 0 saturated heterocycles. The van der Waals surface area contributed by atoms with Crippen LogP contribution in [-0.2, 0) is 14.8 Å². The minimum atomic E-state index is -3.59. The summed E-state index contributed by atoms with van der Waals surface area (Å²) in [5.41, 5.74) is 0. The Labute approximate surface area is 112 Å². The van der Waals surface area contributed by atoms with Crippen LogP contribution < -0.4 is 9.46 Å². The summed E-state index contributed by atoms with van der Waals surface area (Å²) in [6.07, 6.45) is 0.601. The Morgan fingerprint density at radius 3 is 2.61 bits per heavy atom. The van der Waals surface area contributed by atoms with E-state index in [4.69, 9.17) is 21.1 Å². The fraction of sp³-hybridized carbons (Fsp3) is 0.455. The third-order valence-electron chi connectivity index (χ3n) is 2.25. The van der Waals surface area contributed by atoms with Gasteiger partial charge in [0.1, 0.15) is 10.6 Å². The summed E-state index contributed by atoms with van der Waals surface area (Å²) in [6.45, 7) is 0.803. The van der Waals surface area contributed by atoms with E-state index in [0.717, 1.165) is 0 Å². The van der Waals surface area contributed by atoms with Crippen molar-refractivity contribution >= 4 is 21.6 Å². The van der Waals surface area contributed by atoms with Gasteiger partial charge in [-0.25, -0.2) is 13.1 Å². The van der Waals surface area contributed by atoms with Crippen LogP contribution in [-0.4, -0.2) is 35.8 Å². The summed E-state index contributed by atoms with van der Waals surface area (Å²) in [5, 5.41) is 0.133. The molecule has 0 fully saturated rings. The normalized spacial score (nSPS) is 11.5. The molecule has 102 valence electrons. The van der Waals surface area contributed by atoms with Gasteiger partial charge >= 0.3 is 0 Å². The van der Waals surface area contributed by atoms with E-state index in [9.17, 15) is 8.42 Å². The summed E-state index contributed by atoms with van der Waals surface area (Å²) in [6, 6.07) is 4.43. The van der Waals surface area contributed by atoms with Crippen molar-refractivity contribution in [3.05, 3.63) is 23.2 Å². The highest BCUT2D eigenvalue weighted by Gasteiger charge is 2.17. The van der Waals surface area contributed by atoms with Crippen molar-refractivity contribution in [1.82, 2.24) is 4.72 Å². The zero-order valence-corrected chi connectivity index (χ0v) is 11.8. The summed E-state index contributed by atoms with van der Waals surface area (Å²) >= 11 is 5.91. The molecule has 0 unspecified atom stereocenters. The molecule has 0 spiro atoms. The smallest absolute Gasteiger partial charge is 0.242 e. The van der Waals surface area contributed by atoms with E-state index in [0.29, 0.717) is 25.3 Å². The molecule has 0 atom stereocenters. The molecule has 18 heavy (non-hydrogen) atoms. The Bertz CT molecular complexity index is 490. The molecule has 0 bridgehead atoms. The van der Waals surface area contributed by atoms with Crippen molar-refractivity contribution in [2.24, 2.45) is 0 Å². The fourth-order valence-electron chi connectivity index (χ4n) is 1.33. The van der Waals surface area contributed by atoms with Crippen molar-refractivity contribution in [3.63, 3.8) is 0 Å². The number of sulfonamides is 1. The van der Waals surface area contributed by atoms with Gasteiger partial charge in [0.15, 0.2) is 0 Å². The molecule has 0 aromatic heterocycles. The fourth-order valence-corrected chi connectivity index (χ4v) is 2.93. The van der Waals surface area contributed by atoms with Gasteiger partial charge in [-0.15, -0.1) is 0 Å². The van der Waals surface area contributed by atoms with Gasteiger partial charge in [0.2, 0.25) is 10.0 Å². The predicted molar refractivity (Wildman–Crippen MR) is 69.7 cm³/mol. The average molecular weight is 294 g/mol. The zero-order chi connectivity index (χ0) is 13.6. The third-order valence-corrected chi connectivity index (χ3v) is 4.19. The van der Waals surface area contributed by atoms with E-state index >= 15 is 0 Å². The van der Waals surface area contributed by atoms with Crippen molar-refractivity contribution in [1.29, 1.82) is 0 Å². The second-order valence-electron chi connectivity index (χ2n) is 3.54. The Kier molecular flexibility index (Phi) is 5.87. The van der Waals surface area contributed by atoms with E-state index < -0.39 is 10.0 Å². The molecule has 0 aliphatic rings. The lowest BCUT2D eigenvalue weighted by Crippen LogP contribution is -2.25. The summed E-state index contributed by atoms with van der Waals surface area (Å²) in [5.74, 6) is 0.512. The molecule has 1 rings (SSSR count). The number of hydrogen-bond donors (Lipinski definition) is 1. The monoisotopic (exact) mass is 293 g/mol. The van der Waals surface area contributed by atoms with Gasteiger partial charge in [-0.2, -0.15) is 0 Å². The first-order chi connectivity index (χ1) is 8.51. The van der Waals surface area contributed by atoms with Crippen LogP contribution in [0.25, 0.3) is 0 Å². The van der Waals surface area contributed by atoms with Gasteiger partial charge in [0.05, 0.1) is 12.1 Å². The highest BCUT2D eigenvalue weighted by atomic mass is 35.5. The van der Waals surface area contributed by atoms with E-state index in [-0.39, 0.29) is 9.92 Å². The van der Waals surface area contributed by atoms with Crippen LogP contribution in [0.3, 0.4) is 0 Å². The summed E-state index contributed by atoms with van der Waals surface area (Å²) < 4.78 is 36.1. The van der Waals surface area contributed by atoms with Crippen LogP contribution in [0.5, 0.6) is 5.75 Å². The van der Waals surface area contributed by atoms with Gasteiger partial charge in [0, 0.05) is 26.3 Å². The number of rotatable bonds is 7. The molecule has 0 aliphatic carbocycles. The highest BCUT2D eigenvalue weighted by molar-refractivity contribution is 7.89. The molecule has 0 radical (unpaired) electrons. The van der Waals surface area contributed by atoms with Crippen LogP contribution in [0.2, 0.25) is 5.02 Å². The molecular formula is C11H16ClNO4S. The van der Waals surface area contributed by atoms with Crippen LogP contribution in [0.15, 0.2) is 23.1 Å². The third kappa shape index (κ3) is 4.13. The van der Waals surface area contributed by atoms with Crippen molar-refractivity contribution in [3.8, 4) is 5.75 Å². The molecule has 5 nitrogen and oxygen atoms in total. The quantitative estimate of drug-likeness (QED) is 0.777. The second-order valence-corrected chi connectivity index (χ2v) is 5.68. The minimum Gasteiger partial charge on any atom is -0.497 e. The minimum absolute atomic E-state index is 0.0439. The SMILES string of the molecule is COCCCNS(=O)(=O)c1ccc(OC)cc1Cl. The van der Waals surface area contributed by atoms with Crippen LogP contribution >= 0.6 is 11.6 Å². The number of ether oxygens (including phenoxy) is 2.